The van der Waals surface area contributed by atoms with Crippen LogP contribution < -0.4 is 10.1 Å². The molecule has 1 aliphatic rings. The van der Waals surface area contributed by atoms with E-state index in [0.29, 0.717) is 12.3 Å². The van der Waals surface area contributed by atoms with Gasteiger partial charge in [-0.15, -0.1) is 0 Å². The Kier molecular flexibility index (Phi) is 3.33. The molecule has 1 atom stereocenters. The minimum absolute atomic E-state index is 0.265. The summed E-state index contributed by atoms with van der Waals surface area (Å²) in [4.78, 5) is 0.265. The molecule has 2 aromatic rings. The maximum atomic E-state index is 13.2. The predicted molar refractivity (Wildman–Crippen MR) is 77.8 cm³/mol. The van der Waals surface area contributed by atoms with Crippen LogP contribution in [-0.2, 0) is 9.84 Å². The molecule has 0 aliphatic carbocycles. The molecule has 0 saturated carbocycles. The highest BCUT2D eigenvalue weighted by Gasteiger charge is 2.21. The van der Waals surface area contributed by atoms with Crippen LogP contribution in [0.4, 0.5) is 10.1 Å². The second kappa shape index (κ2) is 5.04. The Morgan fingerprint density at radius 2 is 1.90 bits per heavy atom. The highest BCUT2D eigenvalue weighted by molar-refractivity contribution is 7.90. The quantitative estimate of drug-likeness (QED) is 0.927. The minimum Gasteiger partial charge on any atom is -0.482 e. The fourth-order valence-electron chi connectivity index (χ4n) is 2.25. The van der Waals surface area contributed by atoms with Crippen molar-refractivity contribution >= 4 is 15.5 Å². The van der Waals surface area contributed by atoms with Crippen molar-refractivity contribution in [3.8, 4) is 5.75 Å². The Labute approximate surface area is 122 Å². The lowest BCUT2D eigenvalue weighted by molar-refractivity contribution is 0.209. The molecule has 1 N–H and O–H groups in total. The first kappa shape index (κ1) is 13.9. The number of nitrogens with one attached hydrogen (secondary N) is 1. The van der Waals surface area contributed by atoms with Crippen LogP contribution in [0.15, 0.2) is 47.4 Å². The van der Waals surface area contributed by atoms with E-state index in [0.717, 1.165) is 11.3 Å². The molecule has 110 valence electrons. The van der Waals surface area contributed by atoms with Crippen molar-refractivity contribution in [1.82, 2.24) is 0 Å². The Balaban J connectivity index is 1.86. The molecule has 3 rings (SSSR count). The third-order valence-electron chi connectivity index (χ3n) is 3.37. The number of rotatable bonds is 2. The van der Waals surface area contributed by atoms with Gasteiger partial charge in [-0.3, -0.25) is 0 Å². The van der Waals surface area contributed by atoms with E-state index in [1.54, 1.807) is 30.3 Å². The molecular formula is C15H14FNO3S. The van der Waals surface area contributed by atoms with Crippen LogP contribution in [0.2, 0.25) is 0 Å². The highest BCUT2D eigenvalue weighted by atomic mass is 32.2. The molecule has 2 aromatic carbocycles. The summed E-state index contributed by atoms with van der Waals surface area (Å²) < 4.78 is 41.9. The van der Waals surface area contributed by atoms with Crippen LogP contribution in [0.25, 0.3) is 0 Å². The molecule has 4 nitrogen and oxygen atoms in total. The molecule has 0 saturated heterocycles. The normalized spacial score (nSPS) is 17.5. The molecule has 1 heterocycles. The number of hydrogen-bond donors (Lipinski definition) is 1. The molecule has 1 unspecified atom stereocenters. The van der Waals surface area contributed by atoms with Crippen molar-refractivity contribution in [2.24, 2.45) is 0 Å². The van der Waals surface area contributed by atoms with Crippen molar-refractivity contribution in [3.05, 3.63) is 53.8 Å². The fourth-order valence-corrected chi connectivity index (χ4v) is 2.88. The van der Waals surface area contributed by atoms with E-state index in [-0.39, 0.29) is 16.8 Å². The summed E-state index contributed by atoms with van der Waals surface area (Å²) in [5.74, 6) is 0.0991. The monoisotopic (exact) mass is 307 g/mol. The molecule has 0 fully saturated rings. The minimum atomic E-state index is -3.21. The summed E-state index contributed by atoms with van der Waals surface area (Å²) in [6, 6.07) is 10.9. The molecule has 1 aliphatic heterocycles. The summed E-state index contributed by atoms with van der Waals surface area (Å²) in [6.45, 7) is 0.539. The van der Waals surface area contributed by atoms with E-state index in [1.165, 1.54) is 18.4 Å². The van der Waals surface area contributed by atoms with Crippen molar-refractivity contribution < 1.29 is 17.5 Å². The van der Waals surface area contributed by atoms with Crippen molar-refractivity contribution in [1.29, 1.82) is 0 Å². The third kappa shape index (κ3) is 2.85. The van der Waals surface area contributed by atoms with Gasteiger partial charge in [0.25, 0.3) is 0 Å². The van der Waals surface area contributed by atoms with E-state index in [2.05, 4.69) is 5.32 Å². The van der Waals surface area contributed by atoms with Crippen LogP contribution in [-0.4, -0.2) is 21.2 Å². The van der Waals surface area contributed by atoms with Gasteiger partial charge >= 0.3 is 0 Å². The van der Waals surface area contributed by atoms with E-state index >= 15 is 0 Å². The van der Waals surface area contributed by atoms with Gasteiger partial charge in [0, 0.05) is 12.3 Å². The Hall–Kier alpha value is -2.08. The smallest absolute Gasteiger partial charge is 0.175 e. The summed E-state index contributed by atoms with van der Waals surface area (Å²) >= 11 is 0. The first-order chi connectivity index (χ1) is 9.93. The second-order valence-corrected chi connectivity index (χ2v) is 6.98. The fraction of sp³-hybridized carbons (Fsp3) is 0.200. The lowest BCUT2D eigenvalue weighted by Gasteiger charge is -2.27. The SMILES string of the molecule is CS(=O)(=O)c1ccc(C2CNc3ccc(F)cc3O2)cc1. The molecule has 0 radical (unpaired) electrons. The molecule has 0 aromatic heterocycles. The Bertz CT molecular complexity index is 772. The topological polar surface area (TPSA) is 55.4 Å². The van der Waals surface area contributed by atoms with E-state index < -0.39 is 9.84 Å². The molecule has 21 heavy (non-hydrogen) atoms. The largest absolute Gasteiger partial charge is 0.482 e. The Morgan fingerprint density at radius 1 is 1.19 bits per heavy atom. The van der Waals surface area contributed by atoms with E-state index in [9.17, 15) is 12.8 Å². The average Bonchev–Trinajstić information content (AvgIpc) is 2.45. The van der Waals surface area contributed by atoms with Gasteiger partial charge in [0.2, 0.25) is 0 Å². The van der Waals surface area contributed by atoms with E-state index in [4.69, 9.17) is 4.74 Å². The standard InChI is InChI=1S/C15H14FNO3S/c1-21(18,19)12-5-2-10(3-6-12)15-9-17-13-7-4-11(16)8-14(13)20-15/h2-8,15,17H,9H2,1H3. The van der Waals surface area contributed by atoms with Gasteiger partial charge in [0.05, 0.1) is 17.1 Å². The number of fused-ring (bicyclic) bond motifs is 1. The van der Waals surface area contributed by atoms with Crippen LogP contribution in [0.5, 0.6) is 5.75 Å². The maximum Gasteiger partial charge on any atom is 0.175 e. The molecule has 0 bridgehead atoms. The predicted octanol–water partition coefficient (Wildman–Crippen LogP) is 2.77. The molecule has 0 spiro atoms. The van der Waals surface area contributed by atoms with Crippen LogP contribution >= 0.6 is 0 Å². The maximum absolute atomic E-state index is 13.2. The average molecular weight is 307 g/mol. The number of benzene rings is 2. The van der Waals surface area contributed by atoms with Gasteiger partial charge in [0.1, 0.15) is 17.7 Å². The summed E-state index contributed by atoms with van der Waals surface area (Å²) in [6.07, 6.45) is 0.882. The second-order valence-electron chi connectivity index (χ2n) is 4.97. The summed E-state index contributed by atoms with van der Waals surface area (Å²) in [5, 5.41) is 3.17. The number of hydrogen-bond acceptors (Lipinski definition) is 4. The van der Waals surface area contributed by atoms with Gasteiger partial charge < -0.3 is 10.1 Å². The zero-order valence-electron chi connectivity index (χ0n) is 11.3. The highest BCUT2D eigenvalue weighted by Crippen LogP contribution is 2.34. The van der Waals surface area contributed by atoms with Gasteiger partial charge in [-0.1, -0.05) is 12.1 Å². The van der Waals surface area contributed by atoms with Crippen LogP contribution in [0, 0.1) is 5.82 Å². The third-order valence-corrected chi connectivity index (χ3v) is 4.50. The van der Waals surface area contributed by atoms with Crippen LogP contribution in [0.1, 0.15) is 11.7 Å². The molecular weight excluding hydrogens is 293 g/mol. The molecule has 0 amide bonds. The van der Waals surface area contributed by atoms with Crippen molar-refractivity contribution in [2.75, 3.05) is 18.1 Å². The summed E-state index contributed by atoms with van der Waals surface area (Å²) in [5.41, 5.74) is 1.59. The van der Waals surface area contributed by atoms with Crippen molar-refractivity contribution in [3.63, 3.8) is 0 Å². The van der Waals surface area contributed by atoms with Crippen molar-refractivity contribution in [2.45, 2.75) is 11.0 Å². The lowest BCUT2D eigenvalue weighted by atomic mass is 10.1. The van der Waals surface area contributed by atoms with Gasteiger partial charge in [-0.2, -0.15) is 0 Å². The number of anilines is 1. The zero-order chi connectivity index (χ0) is 15.0. The number of halogens is 1. The van der Waals surface area contributed by atoms with Gasteiger partial charge in [-0.25, -0.2) is 12.8 Å². The summed E-state index contributed by atoms with van der Waals surface area (Å²) in [7, 11) is -3.21. The number of sulfone groups is 1. The Morgan fingerprint density at radius 3 is 2.57 bits per heavy atom. The first-order valence-corrected chi connectivity index (χ1v) is 8.33. The first-order valence-electron chi connectivity index (χ1n) is 6.43. The van der Waals surface area contributed by atoms with E-state index in [1.807, 2.05) is 0 Å². The lowest BCUT2D eigenvalue weighted by Crippen LogP contribution is -2.23. The van der Waals surface area contributed by atoms with Gasteiger partial charge in [-0.05, 0) is 29.8 Å². The van der Waals surface area contributed by atoms with Crippen LogP contribution in [0.3, 0.4) is 0 Å². The number of ether oxygens (including phenoxy) is 1. The van der Waals surface area contributed by atoms with Gasteiger partial charge in [0.15, 0.2) is 9.84 Å². The molecule has 6 heteroatoms. The zero-order valence-corrected chi connectivity index (χ0v) is 12.2.